The lowest BCUT2D eigenvalue weighted by Crippen LogP contribution is -2.32. The molecule has 0 radical (unpaired) electrons. The van der Waals surface area contributed by atoms with Crippen LogP contribution in [0.15, 0.2) is 30.5 Å². The van der Waals surface area contributed by atoms with E-state index in [9.17, 15) is 9.18 Å². The topological polar surface area (TPSA) is 76.4 Å². The van der Waals surface area contributed by atoms with Crippen LogP contribution >= 0.6 is 0 Å². The molecule has 0 bridgehead atoms. The minimum atomic E-state index is -0.521. The molecule has 0 fully saturated rings. The SMILES string of the molecule is CO[C@H](CC(=O)NO)[C@H](Cc1ccc(F)c(C)c1)c1ccnn1C(C)C. The number of carbonyl (C=O) groups is 1. The lowest BCUT2D eigenvalue weighted by molar-refractivity contribution is -0.132. The van der Waals surface area contributed by atoms with Crippen LogP contribution in [0.5, 0.6) is 0 Å². The number of hydrogen-bond donors (Lipinski definition) is 2. The van der Waals surface area contributed by atoms with Gasteiger partial charge in [-0.2, -0.15) is 5.10 Å². The van der Waals surface area contributed by atoms with Crippen LogP contribution < -0.4 is 5.48 Å². The molecular formula is C19H26FN3O3. The van der Waals surface area contributed by atoms with E-state index >= 15 is 0 Å². The van der Waals surface area contributed by atoms with Gasteiger partial charge in [-0.3, -0.25) is 14.7 Å². The Kier molecular flexibility index (Phi) is 6.88. The molecule has 6 nitrogen and oxygen atoms in total. The van der Waals surface area contributed by atoms with Crippen molar-refractivity contribution in [1.82, 2.24) is 15.3 Å². The Morgan fingerprint density at radius 1 is 1.38 bits per heavy atom. The number of aromatic nitrogens is 2. The van der Waals surface area contributed by atoms with E-state index < -0.39 is 12.0 Å². The van der Waals surface area contributed by atoms with Crippen molar-refractivity contribution < 1.29 is 19.1 Å². The third-order valence-corrected chi connectivity index (χ3v) is 4.51. The van der Waals surface area contributed by atoms with Gasteiger partial charge in [0.1, 0.15) is 5.82 Å². The van der Waals surface area contributed by atoms with Crippen LogP contribution in [0.1, 0.15) is 49.0 Å². The fraction of sp³-hybridized carbons (Fsp3) is 0.474. The van der Waals surface area contributed by atoms with Crippen molar-refractivity contribution in [2.24, 2.45) is 0 Å². The van der Waals surface area contributed by atoms with E-state index in [1.165, 1.54) is 13.2 Å². The minimum absolute atomic E-state index is 0.00111. The maximum Gasteiger partial charge on any atom is 0.245 e. The Morgan fingerprint density at radius 2 is 2.12 bits per heavy atom. The number of ether oxygens (including phenoxy) is 1. The molecule has 0 spiro atoms. The molecule has 2 aromatic rings. The van der Waals surface area contributed by atoms with Gasteiger partial charge < -0.3 is 4.74 Å². The number of amides is 1. The average Bonchev–Trinajstić information content (AvgIpc) is 3.10. The van der Waals surface area contributed by atoms with Crippen LogP contribution in [0.3, 0.4) is 0 Å². The van der Waals surface area contributed by atoms with Crippen LogP contribution in [0, 0.1) is 12.7 Å². The van der Waals surface area contributed by atoms with Crippen molar-refractivity contribution in [2.75, 3.05) is 7.11 Å². The summed E-state index contributed by atoms with van der Waals surface area (Å²) < 4.78 is 21.1. The third-order valence-electron chi connectivity index (χ3n) is 4.51. The summed E-state index contributed by atoms with van der Waals surface area (Å²) in [5.41, 5.74) is 4.10. The lowest BCUT2D eigenvalue weighted by Gasteiger charge is -2.27. The molecule has 142 valence electrons. The second-order valence-corrected chi connectivity index (χ2v) is 6.70. The van der Waals surface area contributed by atoms with Crippen molar-refractivity contribution in [2.45, 2.75) is 51.7 Å². The molecule has 1 amide bonds. The second-order valence-electron chi connectivity index (χ2n) is 6.70. The smallest absolute Gasteiger partial charge is 0.245 e. The Hall–Kier alpha value is -2.25. The van der Waals surface area contributed by atoms with Crippen LogP contribution in [-0.4, -0.2) is 34.1 Å². The molecule has 0 saturated carbocycles. The molecule has 7 heteroatoms. The number of rotatable bonds is 8. The normalized spacial score (nSPS) is 13.7. The van der Waals surface area contributed by atoms with Gasteiger partial charge >= 0.3 is 0 Å². The Bertz CT molecular complexity index is 745. The third kappa shape index (κ3) is 4.68. The number of hydrogen-bond acceptors (Lipinski definition) is 4. The van der Waals surface area contributed by atoms with Crippen molar-refractivity contribution in [3.63, 3.8) is 0 Å². The van der Waals surface area contributed by atoms with E-state index in [0.717, 1.165) is 11.3 Å². The molecule has 2 rings (SSSR count). The van der Waals surface area contributed by atoms with Crippen molar-refractivity contribution in [3.05, 3.63) is 53.1 Å². The fourth-order valence-corrected chi connectivity index (χ4v) is 3.18. The van der Waals surface area contributed by atoms with Crippen LogP contribution in [-0.2, 0) is 16.0 Å². The quantitative estimate of drug-likeness (QED) is 0.558. The number of hydroxylamine groups is 1. The van der Waals surface area contributed by atoms with E-state index in [4.69, 9.17) is 9.94 Å². The molecule has 1 aromatic carbocycles. The zero-order chi connectivity index (χ0) is 19.3. The standard InChI is InChI=1S/C19H26FN3O3/c1-12(2)23-17(7-8-21-23)15(18(26-4)11-19(24)22-25)10-14-5-6-16(20)13(3)9-14/h5-9,12,15,18,25H,10-11H2,1-4H3,(H,22,24)/t15-,18-/m1/s1. The average molecular weight is 363 g/mol. The van der Waals surface area contributed by atoms with E-state index in [-0.39, 0.29) is 24.2 Å². The number of aryl methyl sites for hydroxylation is 1. The van der Waals surface area contributed by atoms with Gasteiger partial charge in [-0.25, -0.2) is 9.87 Å². The maximum absolute atomic E-state index is 13.6. The summed E-state index contributed by atoms with van der Waals surface area (Å²) in [4.78, 5) is 11.7. The van der Waals surface area contributed by atoms with E-state index in [1.54, 1.807) is 30.7 Å². The van der Waals surface area contributed by atoms with Gasteiger partial charge in [0.25, 0.3) is 0 Å². The summed E-state index contributed by atoms with van der Waals surface area (Å²) in [6.07, 6.45) is 1.80. The van der Waals surface area contributed by atoms with Gasteiger partial charge in [-0.15, -0.1) is 0 Å². The van der Waals surface area contributed by atoms with Crippen LogP contribution in [0.25, 0.3) is 0 Å². The molecule has 0 saturated heterocycles. The number of carbonyl (C=O) groups excluding carboxylic acids is 1. The molecule has 1 heterocycles. The summed E-state index contributed by atoms with van der Waals surface area (Å²) in [5.74, 6) is -0.958. The monoisotopic (exact) mass is 363 g/mol. The van der Waals surface area contributed by atoms with Gasteiger partial charge in [0.2, 0.25) is 5.91 Å². The van der Waals surface area contributed by atoms with Crippen molar-refractivity contribution in [3.8, 4) is 0 Å². The summed E-state index contributed by atoms with van der Waals surface area (Å²) in [6, 6.07) is 7.04. The molecule has 0 aliphatic heterocycles. The molecule has 2 N–H and O–H groups in total. The molecule has 0 aliphatic carbocycles. The predicted octanol–water partition coefficient (Wildman–Crippen LogP) is 3.15. The molecular weight excluding hydrogens is 337 g/mol. The van der Waals surface area contributed by atoms with Crippen molar-refractivity contribution >= 4 is 5.91 Å². The Morgan fingerprint density at radius 3 is 2.69 bits per heavy atom. The first-order valence-electron chi connectivity index (χ1n) is 8.61. The number of benzene rings is 1. The molecule has 26 heavy (non-hydrogen) atoms. The molecule has 1 aromatic heterocycles. The lowest BCUT2D eigenvalue weighted by atomic mass is 9.88. The van der Waals surface area contributed by atoms with E-state index in [0.29, 0.717) is 12.0 Å². The highest BCUT2D eigenvalue weighted by atomic mass is 19.1. The van der Waals surface area contributed by atoms with Crippen molar-refractivity contribution in [1.29, 1.82) is 0 Å². The highest BCUT2D eigenvalue weighted by molar-refractivity contribution is 5.75. The molecule has 0 unspecified atom stereocenters. The highest BCUT2D eigenvalue weighted by Crippen LogP contribution is 2.30. The Labute approximate surface area is 152 Å². The van der Waals surface area contributed by atoms with Crippen LogP contribution in [0.2, 0.25) is 0 Å². The van der Waals surface area contributed by atoms with Gasteiger partial charge in [-0.1, -0.05) is 12.1 Å². The number of nitrogens with zero attached hydrogens (tertiary/aromatic N) is 2. The highest BCUT2D eigenvalue weighted by Gasteiger charge is 2.29. The summed E-state index contributed by atoms with van der Waals surface area (Å²) in [7, 11) is 1.54. The molecule has 0 aliphatic rings. The largest absolute Gasteiger partial charge is 0.380 e. The first-order valence-corrected chi connectivity index (χ1v) is 8.61. The van der Waals surface area contributed by atoms with Gasteiger partial charge in [-0.05, 0) is 50.5 Å². The predicted molar refractivity (Wildman–Crippen MR) is 95.5 cm³/mol. The van der Waals surface area contributed by atoms with E-state index in [2.05, 4.69) is 5.10 Å². The number of halogens is 1. The first kappa shape index (κ1) is 20.1. The summed E-state index contributed by atoms with van der Waals surface area (Å²) in [6.45, 7) is 5.77. The number of nitrogens with one attached hydrogen (secondary N) is 1. The first-order chi connectivity index (χ1) is 12.4. The molecule has 2 atom stereocenters. The minimum Gasteiger partial charge on any atom is -0.380 e. The number of methoxy groups -OCH3 is 1. The zero-order valence-corrected chi connectivity index (χ0v) is 15.6. The van der Waals surface area contributed by atoms with Gasteiger partial charge in [0.15, 0.2) is 0 Å². The second kappa shape index (κ2) is 8.91. The van der Waals surface area contributed by atoms with Crippen LogP contribution in [0.4, 0.5) is 4.39 Å². The van der Waals surface area contributed by atoms with E-state index in [1.807, 2.05) is 24.6 Å². The van der Waals surface area contributed by atoms with Gasteiger partial charge in [0.05, 0.1) is 12.5 Å². The zero-order valence-electron chi connectivity index (χ0n) is 15.6. The fourth-order valence-electron chi connectivity index (χ4n) is 3.18. The Balaban J connectivity index is 2.41. The maximum atomic E-state index is 13.6. The van der Waals surface area contributed by atoms with Gasteiger partial charge in [0, 0.05) is 31.0 Å². The summed E-state index contributed by atoms with van der Waals surface area (Å²) >= 11 is 0. The summed E-state index contributed by atoms with van der Waals surface area (Å²) in [5, 5.41) is 13.3.